The van der Waals surface area contributed by atoms with Gasteiger partial charge in [0.25, 0.3) is 5.91 Å². The van der Waals surface area contributed by atoms with E-state index < -0.39 is 5.91 Å². The first-order valence-electron chi connectivity index (χ1n) is 5.43. The summed E-state index contributed by atoms with van der Waals surface area (Å²) in [6.45, 7) is 1.64. The molecule has 0 bridgehead atoms. The standard InChI is InChI=1S/C9H10N6O2S/c1-4-6(15-17-14-4)7(16)10-12-9-13-11-8(18-9)5-2-3-5/h5H,2-3H2,1H3,(H,10,16)(H,12,13). The van der Waals surface area contributed by atoms with E-state index in [2.05, 4.69) is 36.0 Å². The fraction of sp³-hybridized carbons (Fsp3) is 0.444. The van der Waals surface area contributed by atoms with Gasteiger partial charge in [-0.2, -0.15) is 0 Å². The fourth-order valence-corrected chi connectivity index (χ4v) is 2.25. The van der Waals surface area contributed by atoms with E-state index in [-0.39, 0.29) is 5.69 Å². The van der Waals surface area contributed by atoms with Crippen LogP contribution in [0.1, 0.15) is 39.9 Å². The van der Waals surface area contributed by atoms with Crippen molar-refractivity contribution in [1.29, 1.82) is 0 Å². The lowest BCUT2D eigenvalue weighted by atomic mass is 10.3. The number of amides is 1. The molecule has 2 aromatic rings. The average molecular weight is 266 g/mol. The summed E-state index contributed by atoms with van der Waals surface area (Å²) in [7, 11) is 0. The number of hydrazine groups is 1. The van der Waals surface area contributed by atoms with Crippen molar-refractivity contribution in [2.75, 3.05) is 5.43 Å². The van der Waals surface area contributed by atoms with Crippen LogP contribution in [0, 0.1) is 6.92 Å². The highest BCUT2D eigenvalue weighted by Gasteiger charge is 2.27. The van der Waals surface area contributed by atoms with Crippen molar-refractivity contribution in [2.24, 2.45) is 0 Å². The Morgan fingerprint density at radius 3 is 2.89 bits per heavy atom. The molecule has 2 N–H and O–H groups in total. The summed E-state index contributed by atoms with van der Waals surface area (Å²) in [5.74, 6) is 0.132. The van der Waals surface area contributed by atoms with E-state index in [1.165, 1.54) is 24.2 Å². The van der Waals surface area contributed by atoms with Gasteiger partial charge in [-0.3, -0.25) is 15.6 Å². The van der Waals surface area contributed by atoms with Gasteiger partial charge in [0.2, 0.25) is 5.13 Å². The summed E-state index contributed by atoms with van der Waals surface area (Å²) in [6.07, 6.45) is 2.34. The van der Waals surface area contributed by atoms with Crippen molar-refractivity contribution >= 4 is 22.4 Å². The Bertz CT molecular complexity index is 575. The smallest absolute Gasteiger partial charge is 0.271 e. The number of nitrogens with zero attached hydrogens (tertiary/aromatic N) is 4. The molecule has 1 saturated carbocycles. The first-order valence-corrected chi connectivity index (χ1v) is 6.24. The molecule has 18 heavy (non-hydrogen) atoms. The van der Waals surface area contributed by atoms with Crippen molar-refractivity contribution in [3.05, 3.63) is 16.4 Å². The van der Waals surface area contributed by atoms with Gasteiger partial charge in [-0.25, -0.2) is 4.63 Å². The lowest BCUT2D eigenvalue weighted by molar-refractivity contribution is 0.0952. The minimum Gasteiger partial charge on any atom is -0.271 e. The third-order valence-electron chi connectivity index (χ3n) is 2.52. The van der Waals surface area contributed by atoms with Crippen molar-refractivity contribution < 1.29 is 9.42 Å². The summed E-state index contributed by atoms with van der Waals surface area (Å²) >= 11 is 1.44. The number of aryl methyl sites for hydroxylation is 1. The Balaban J connectivity index is 1.60. The van der Waals surface area contributed by atoms with Crippen LogP contribution in [0.15, 0.2) is 4.63 Å². The summed E-state index contributed by atoms with van der Waals surface area (Å²) in [5, 5.41) is 16.6. The van der Waals surface area contributed by atoms with Gasteiger partial charge < -0.3 is 0 Å². The highest BCUT2D eigenvalue weighted by Crippen LogP contribution is 2.41. The molecule has 94 valence electrons. The highest BCUT2D eigenvalue weighted by molar-refractivity contribution is 7.15. The van der Waals surface area contributed by atoms with Crippen LogP contribution in [-0.4, -0.2) is 26.4 Å². The normalized spacial score (nSPS) is 14.5. The maximum absolute atomic E-state index is 11.7. The third kappa shape index (κ3) is 2.16. The van der Waals surface area contributed by atoms with E-state index in [1.54, 1.807) is 6.92 Å². The zero-order chi connectivity index (χ0) is 12.5. The van der Waals surface area contributed by atoms with Crippen LogP contribution >= 0.6 is 11.3 Å². The largest absolute Gasteiger partial charge is 0.293 e. The second kappa shape index (κ2) is 4.33. The Morgan fingerprint density at radius 2 is 2.22 bits per heavy atom. The minimum atomic E-state index is -0.420. The van der Waals surface area contributed by atoms with Crippen LogP contribution < -0.4 is 10.9 Å². The molecule has 0 unspecified atom stereocenters. The van der Waals surface area contributed by atoms with Gasteiger partial charge in [-0.05, 0) is 24.9 Å². The SMILES string of the molecule is Cc1nonc1C(=O)NNc1nnc(C2CC2)s1. The monoisotopic (exact) mass is 266 g/mol. The van der Waals surface area contributed by atoms with Crippen LogP contribution in [0.2, 0.25) is 0 Å². The van der Waals surface area contributed by atoms with Gasteiger partial charge >= 0.3 is 0 Å². The molecule has 0 atom stereocenters. The van der Waals surface area contributed by atoms with Crippen molar-refractivity contribution in [3.63, 3.8) is 0 Å². The molecule has 0 spiro atoms. The number of aromatic nitrogens is 4. The predicted molar refractivity (Wildman–Crippen MR) is 62.0 cm³/mol. The number of rotatable bonds is 4. The molecule has 1 fully saturated rings. The van der Waals surface area contributed by atoms with Crippen LogP contribution in [0.3, 0.4) is 0 Å². The van der Waals surface area contributed by atoms with Crippen molar-refractivity contribution in [2.45, 2.75) is 25.7 Å². The van der Waals surface area contributed by atoms with Crippen molar-refractivity contribution in [3.8, 4) is 0 Å². The molecule has 0 saturated heterocycles. The lowest BCUT2D eigenvalue weighted by Gasteiger charge is -2.01. The highest BCUT2D eigenvalue weighted by atomic mass is 32.1. The second-order valence-corrected chi connectivity index (χ2v) is 5.01. The van der Waals surface area contributed by atoms with Crippen LogP contribution in [0.4, 0.5) is 5.13 Å². The Hall–Kier alpha value is -2.03. The van der Waals surface area contributed by atoms with Gasteiger partial charge in [0, 0.05) is 5.92 Å². The van der Waals surface area contributed by atoms with Crippen LogP contribution in [0.25, 0.3) is 0 Å². The molecule has 9 heteroatoms. The van der Waals surface area contributed by atoms with Gasteiger partial charge in [0.15, 0.2) is 5.69 Å². The molecule has 1 aliphatic rings. The molecule has 3 rings (SSSR count). The summed E-state index contributed by atoms with van der Waals surface area (Å²) in [5.41, 5.74) is 5.75. The number of hydrogen-bond acceptors (Lipinski definition) is 8. The number of anilines is 1. The molecule has 0 aliphatic heterocycles. The molecular weight excluding hydrogens is 256 g/mol. The molecule has 2 heterocycles. The van der Waals surface area contributed by atoms with Crippen molar-refractivity contribution in [1.82, 2.24) is 25.9 Å². The average Bonchev–Trinajstić information content (AvgIpc) is 2.95. The number of carbonyl (C=O) groups is 1. The van der Waals surface area contributed by atoms with Gasteiger partial charge in [0.05, 0.1) is 0 Å². The van der Waals surface area contributed by atoms with Gasteiger partial charge in [-0.1, -0.05) is 16.5 Å². The zero-order valence-electron chi connectivity index (χ0n) is 9.51. The van der Waals surface area contributed by atoms with Crippen LogP contribution in [0.5, 0.6) is 0 Å². The first-order chi connectivity index (χ1) is 8.74. The molecule has 0 radical (unpaired) electrons. The Morgan fingerprint density at radius 1 is 1.39 bits per heavy atom. The molecule has 2 aromatic heterocycles. The molecule has 8 nitrogen and oxygen atoms in total. The fourth-order valence-electron chi connectivity index (χ4n) is 1.39. The lowest BCUT2D eigenvalue weighted by Crippen LogP contribution is -2.30. The van der Waals surface area contributed by atoms with E-state index in [9.17, 15) is 4.79 Å². The molecule has 1 aliphatic carbocycles. The quantitative estimate of drug-likeness (QED) is 0.790. The number of hydrogen-bond donors (Lipinski definition) is 2. The predicted octanol–water partition coefficient (Wildman–Crippen LogP) is 0.864. The maximum Gasteiger partial charge on any atom is 0.293 e. The summed E-state index contributed by atoms with van der Waals surface area (Å²) in [6, 6.07) is 0. The molecule has 1 amide bonds. The van der Waals surface area contributed by atoms with Gasteiger partial charge in [-0.15, -0.1) is 10.2 Å². The van der Waals surface area contributed by atoms with E-state index in [0.717, 1.165) is 5.01 Å². The topological polar surface area (TPSA) is 106 Å². The first kappa shape index (κ1) is 11.1. The zero-order valence-corrected chi connectivity index (χ0v) is 10.3. The summed E-state index contributed by atoms with van der Waals surface area (Å²) in [4.78, 5) is 11.7. The van der Waals surface area contributed by atoms with Gasteiger partial charge in [0.1, 0.15) is 10.7 Å². The Kier molecular flexibility index (Phi) is 2.67. The molecular formula is C9H10N6O2S. The number of nitrogens with one attached hydrogen (secondary N) is 2. The van der Waals surface area contributed by atoms with E-state index in [0.29, 0.717) is 16.7 Å². The number of carbonyl (C=O) groups excluding carboxylic acids is 1. The third-order valence-corrected chi connectivity index (χ3v) is 3.52. The Labute approximate surface area is 106 Å². The summed E-state index contributed by atoms with van der Waals surface area (Å²) < 4.78 is 4.45. The van der Waals surface area contributed by atoms with E-state index >= 15 is 0 Å². The van der Waals surface area contributed by atoms with E-state index in [4.69, 9.17) is 0 Å². The van der Waals surface area contributed by atoms with E-state index in [1.807, 2.05) is 0 Å². The van der Waals surface area contributed by atoms with Crippen LogP contribution in [-0.2, 0) is 0 Å². The maximum atomic E-state index is 11.7. The second-order valence-electron chi connectivity index (χ2n) is 4.00. The molecule has 0 aromatic carbocycles. The minimum absolute atomic E-state index is 0.148.